The lowest BCUT2D eigenvalue weighted by atomic mass is 10.0. The Balaban J connectivity index is 1.57. The highest BCUT2D eigenvalue weighted by Crippen LogP contribution is 2.41. The molecule has 1 saturated heterocycles. The van der Waals surface area contributed by atoms with E-state index in [1.54, 1.807) is 31.7 Å². The van der Waals surface area contributed by atoms with Crippen LogP contribution in [-0.4, -0.2) is 73.7 Å². The summed E-state index contributed by atoms with van der Waals surface area (Å²) in [6.07, 6.45) is 7.51. The first-order valence-corrected chi connectivity index (χ1v) is 10.8. The van der Waals surface area contributed by atoms with E-state index in [4.69, 9.17) is 18.6 Å². The second kappa shape index (κ2) is 10.6. The number of carboxylic acid groups (broad SMARTS) is 1. The maximum Gasteiger partial charge on any atom is 0.345 e. The second-order valence-electron chi connectivity index (χ2n) is 7.77. The maximum absolute atomic E-state index is 12.0. The lowest BCUT2D eigenvalue weighted by molar-refractivity contribution is -0.0703. The quantitative estimate of drug-likeness (QED) is 0.408. The van der Waals surface area contributed by atoms with Gasteiger partial charge in [-0.25, -0.2) is 14.8 Å². The minimum atomic E-state index is -1.26. The molecule has 4 heterocycles. The van der Waals surface area contributed by atoms with Gasteiger partial charge >= 0.3 is 5.97 Å². The van der Waals surface area contributed by atoms with Crippen molar-refractivity contribution in [2.75, 3.05) is 45.2 Å². The molecule has 10 heteroatoms. The molecule has 1 atom stereocenters. The summed E-state index contributed by atoms with van der Waals surface area (Å²) in [6, 6.07) is 3.54. The van der Waals surface area contributed by atoms with Crippen LogP contribution in [0.25, 0.3) is 11.6 Å². The van der Waals surface area contributed by atoms with Crippen molar-refractivity contribution in [3.63, 3.8) is 0 Å². The van der Waals surface area contributed by atoms with Crippen molar-refractivity contribution in [1.82, 2.24) is 4.98 Å². The Labute approximate surface area is 191 Å². The maximum atomic E-state index is 12.0. The number of aliphatic imine (C=N–C) groups is 1. The summed E-state index contributed by atoms with van der Waals surface area (Å²) in [5, 5.41) is 20.6. The zero-order chi connectivity index (χ0) is 23.2. The van der Waals surface area contributed by atoms with Gasteiger partial charge in [0.25, 0.3) is 0 Å². The molecule has 33 heavy (non-hydrogen) atoms. The Morgan fingerprint density at radius 1 is 1.33 bits per heavy atom. The molecule has 10 nitrogen and oxygen atoms in total. The molecule has 0 amide bonds. The molecule has 1 unspecified atom stereocenters. The Morgan fingerprint density at radius 2 is 2.21 bits per heavy atom. The summed E-state index contributed by atoms with van der Waals surface area (Å²) in [7, 11) is 1.60. The first kappa shape index (κ1) is 23.0. The summed E-state index contributed by atoms with van der Waals surface area (Å²) in [4.78, 5) is 22.3. The van der Waals surface area contributed by atoms with Crippen LogP contribution in [-0.2, 0) is 14.2 Å². The largest absolute Gasteiger partial charge is 0.504 e. The van der Waals surface area contributed by atoms with E-state index in [1.807, 2.05) is 11.0 Å². The Kier molecular flexibility index (Phi) is 7.38. The number of carboxylic acids is 1. The van der Waals surface area contributed by atoms with Gasteiger partial charge in [-0.1, -0.05) is 0 Å². The molecule has 0 spiro atoms. The number of pyridine rings is 1. The number of aromatic hydroxyl groups is 1. The summed E-state index contributed by atoms with van der Waals surface area (Å²) in [5.41, 5.74) is 1.20. The van der Waals surface area contributed by atoms with Gasteiger partial charge in [-0.05, 0) is 37.5 Å². The van der Waals surface area contributed by atoms with E-state index in [9.17, 15) is 15.0 Å². The number of carbonyl (C=O) groups is 1. The van der Waals surface area contributed by atoms with Gasteiger partial charge in [-0.3, -0.25) is 0 Å². The van der Waals surface area contributed by atoms with Gasteiger partial charge in [0, 0.05) is 37.2 Å². The van der Waals surface area contributed by atoms with Crippen LogP contribution in [0.1, 0.15) is 40.9 Å². The number of aromatic nitrogens is 1. The molecule has 176 valence electrons. The minimum Gasteiger partial charge on any atom is -0.504 e. The topological polar surface area (TPSA) is 127 Å². The van der Waals surface area contributed by atoms with Crippen LogP contribution in [0.3, 0.4) is 0 Å². The SMILES string of the molecule is COCCOCOCC1CCCCN1c1oc(C=C2C=Nc3ncccc32)c(O)c1C(=O)O. The molecular weight excluding hydrogens is 430 g/mol. The molecule has 2 aliphatic heterocycles. The van der Waals surface area contributed by atoms with E-state index in [2.05, 4.69) is 9.98 Å². The van der Waals surface area contributed by atoms with Gasteiger partial charge in [-0.2, -0.15) is 0 Å². The number of aromatic carboxylic acids is 1. The van der Waals surface area contributed by atoms with Crippen LogP contribution in [0.4, 0.5) is 11.7 Å². The second-order valence-corrected chi connectivity index (χ2v) is 7.77. The number of fused-ring (bicyclic) bond motifs is 1. The van der Waals surface area contributed by atoms with Gasteiger partial charge in [0.05, 0.1) is 25.9 Å². The molecule has 0 bridgehead atoms. The van der Waals surface area contributed by atoms with Crippen molar-refractivity contribution in [2.45, 2.75) is 25.3 Å². The standard InChI is InChI=1S/C23H27N3O7/c1-30-9-10-31-14-32-13-16-5-2-3-8-26(16)22-19(23(28)29)20(27)18(33-22)11-15-12-25-21-17(15)6-4-7-24-21/h4,6-7,11-12,16,27H,2-3,5,8-10,13-14H2,1H3,(H,28,29). The number of ether oxygens (including phenoxy) is 3. The third-order valence-corrected chi connectivity index (χ3v) is 5.61. The van der Waals surface area contributed by atoms with Gasteiger partial charge in [0.2, 0.25) is 5.88 Å². The molecule has 0 aliphatic carbocycles. The zero-order valence-electron chi connectivity index (χ0n) is 18.4. The molecule has 1 fully saturated rings. The highest BCUT2D eigenvalue weighted by molar-refractivity contribution is 6.21. The van der Waals surface area contributed by atoms with E-state index >= 15 is 0 Å². The van der Waals surface area contributed by atoms with Crippen molar-refractivity contribution >= 4 is 35.5 Å². The third kappa shape index (κ3) is 5.08. The highest BCUT2D eigenvalue weighted by Gasteiger charge is 2.33. The molecule has 2 aliphatic rings. The summed E-state index contributed by atoms with van der Waals surface area (Å²) in [5.74, 6) is -0.917. The first-order valence-electron chi connectivity index (χ1n) is 10.8. The van der Waals surface area contributed by atoms with Crippen molar-refractivity contribution in [3.8, 4) is 5.75 Å². The monoisotopic (exact) mass is 457 g/mol. The number of anilines is 1. The van der Waals surface area contributed by atoms with Gasteiger partial charge in [0.1, 0.15) is 6.79 Å². The molecular formula is C23H27N3O7. The third-order valence-electron chi connectivity index (χ3n) is 5.61. The average Bonchev–Trinajstić information content (AvgIpc) is 3.38. The number of piperidine rings is 1. The van der Waals surface area contributed by atoms with Crippen molar-refractivity contribution in [2.24, 2.45) is 4.99 Å². The van der Waals surface area contributed by atoms with E-state index < -0.39 is 11.7 Å². The summed E-state index contributed by atoms with van der Waals surface area (Å²) in [6.45, 7) is 1.97. The van der Waals surface area contributed by atoms with Crippen molar-refractivity contribution in [3.05, 3.63) is 35.2 Å². The van der Waals surface area contributed by atoms with E-state index in [1.165, 1.54) is 0 Å². The van der Waals surface area contributed by atoms with Gasteiger partial charge < -0.3 is 33.7 Å². The fourth-order valence-corrected chi connectivity index (χ4v) is 3.99. The number of furan rings is 1. The van der Waals surface area contributed by atoms with E-state index in [0.717, 1.165) is 24.8 Å². The first-order chi connectivity index (χ1) is 16.1. The molecule has 0 radical (unpaired) electrons. The number of hydrogen-bond acceptors (Lipinski definition) is 9. The van der Waals surface area contributed by atoms with Crippen LogP contribution < -0.4 is 4.90 Å². The van der Waals surface area contributed by atoms with Crippen LogP contribution >= 0.6 is 0 Å². The Morgan fingerprint density at radius 3 is 3.03 bits per heavy atom. The number of rotatable bonds is 10. The Hall–Kier alpha value is -3.21. The zero-order valence-corrected chi connectivity index (χ0v) is 18.4. The number of nitrogens with zero attached hydrogens (tertiary/aromatic N) is 3. The highest BCUT2D eigenvalue weighted by atomic mass is 16.7. The fraction of sp³-hybridized carbons (Fsp3) is 0.435. The predicted molar refractivity (Wildman–Crippen MR) is 121 cm³/mol. The van der Waals surface area contributed by atoms with Crippen LogP contribution in [0.2, 0.25) is 0 Å². The number of allylic oxidation sites excluding steroid dienone is 1. The lowest BCUT2D eigenvalue weighted by Crippen LogP contribution is -2.43. The van der Waals surface area contributed by atoms with Gasteiger partial charge in [-0.15, -0.1) is 0 Å². The minimum absolute atomic E-state index is 0.0636. The van der Waals surface area contributed by atoms with Crippen molar-refractivity contribution in [1.29, 1.82) is 0 Å². The van der Waals surface area contributed by atoms with E-state index in [0.29, 0.717) is 37.8 Å². The number of methoxy groups -OCH3 is 1. The molecule has 2 aromatic rings. The Bertz CT molecular complexity index is 1050. The molecule has 0 aromatic carbocycles. The van der Waals surface area contributed by atoms with Crippen molar-refractivity contribution < 1.29 is 33.6 Å². The van der Waals surface area contributed by atoms with Crippen LogP contribution in [0, 0.1) is 0 Å². The predicted octanol–water partition coefficient (Wildman–Crippen LogP) is 3.33. The molecule has 2 N–H and O–H groups in total. The fourth-order valence-electron chi connectivity index (χ4n) is 3.99. The van der Waals surface area contributed by atoms with Crippen LogP contribution in [0.15, 0.2) is 27.7 Å². The molecule has 2 aromatic heterocycles. The summed E-state index contributed by atoms with van der Waals surface area (Å²) < 4.78 is 21.9. The smallest absolute Gasteiger partial charge is 0.345 e. The molecule has 0 saturated carbocycles. The van der Waals surface area contributed by atoms with Gasteiger partial charge in [0.15, 0.2) is 22.9 Å². The molecule has 4 rings (SSSR count). The normalized spacial score (nSPS) is 18.8. The van der Waals surface area contributed by atoms with Crippen LogP contribution in [0.5, 0.6) is 5.75 Å². The van der Waals surface area contributed by atoms with E-state index in [-0.39, 0.29) is 30.0 Å². The number of hydrogen-bond donors (Lipinski definition) is 2. The lowest BCUT2D eigenvalue weighted by Gasteiger charge is -2.35. The summed E-state index contributed by atoms with van der Waals surface area (Å²) >= 11 is 0. The average molecular weight is 457 g/mol.